The number of carbonyl (C=O) groups excluding carboxylic acids is 1. The summed E-state index contributed by atoms with van der Waals surface area (Å²) in [5.41, 5.74) is 0. The zero-order valence-corrected chi connectivity index (χ0v) is 18.7. The second kappa shape index (κ2) is 13.2. The van der Waals surface area contributed by atoms with Crippen molar-refractivity contribution in [3.8, 4) is 5.75 Å². The number of likely N-dealkylation sites (tertiary alicyclic amines) is 1. The van der Waals surface area contributed by atoms with Crippen molar-refractivity contribution in [2.45, 2.75) is 51.1 Å². The molecule has 182 valence electrons. The monoisotopic (exact) mass is 484 g/mol. The fraction of sp³-hybridized carbons (Fsp3) is 0.667. The van der Waals surface area contributed by atoms with Gasteiger partial charge in [-0.05, 0) is 37.8 Å². The van der Waals surface area contributed by atoms with E-state index in [9.17, 15) is 22.4 Å². The van der Waals surface area contributed by atoms with Crippen LogP contribution < -0.4 is 10.1 Å². The fourth-order valence-corrected chi connectivity index (χ4v) is 3.45. The van der Waals surface area contributed by atoms with Crippen molar-refractivity contribution < 1.29 is 36.6 Å². The largest absolute Gasteiger partial charge is 0.522 e. The van der Waals surface area contributed by atoms with Gasteiger partial charge in [0.15, 0.2) is 6.61 Å². The van der Waals surface area contributed by atoms with Gasteiger partial charge in [0.05, 0.1) is 17.7 Å². The molecule has 1 heterocycles. The molecule has 1 aromatic rings. The number of piperidine rings is 1. The first-order chi connectivity index (χ1) is 15.2. The fourth-order valence-electron chi connectivity index (χ4n) is 3.33. The van der Waals surface area contributed by atoms with Crippen LogP contribution in [0.3, 0.4) is 0 Å². The number of amides is 1. The zero-order chi connectivity index (χ0) is 23.6. The Kier molecular flexibility index (Phi) is 11.0. The van der Waals surface area contributed by atoms with Crippen LogP contribution in [-0.2, 0) is 14.3 Å². The summed E-state index contributed by atoms with van der Waals surface area (Å²) in [6.45, 7) is 4.26. The van der Waals surface area contributed by atoms with Crippen molar-refractivity contribution >= 4 is 17.5 Å². The molecule has 1 aromatic carbocycles. The minimum absolute atomic E-state index is 0.0143. The number of alkyl halides is 3. The molecular formula is C21H29ClF4N2O4. The van der Waals surface area contributed by atoms with Gasteiger partial charge in [-0.15, -0.1) is 13.2 Å². The van der Waals surface area contributed by atoms with Crippen LogP contribution >= 0.6 is 11.6 Å². The van der Waals surface area contributed by atoms with Crippen molar-refractivity contribution in [3.05, 3.63) is 29.0 Å². The van der Waals surface area contributed by atoms with Crippen LogP contribution in [-0.4, -0.2) is 68.8 Å². The number of carbonyl (C=O) groups is 1. The van der Waals surface area contributed by atoms with Crippen LogP contribution in [0.1, 0.15) is 32.6 Å². The van der Waals surface area contributed by atoms with Crippen molar-refractivity contribution in [3.63, 3.8) is 0 Å². The molecule has 0 aromatic heterocycles. The van der Waals surface area contributed by atoms with Crippen molar-refractivity contribution in [1.82, 2.24) is 10.2 Å². The molecule has 1 amide bonds. The van der Waals surface area contributed by atoms with Gasteiger partial charge in [-0.2, -0.15) is 0 Å². The van der Waals surface area contributed by atoms with E-state index in [1.807, 2.05) is 0 Å². The van der Waals surface area contributed by atoms with Crippen LogP contribution in [0.15, 0.2) is 18.2 Å². The Morgan fingerprint density at radius 1 is 1.28 bits per heavy atom. The lowest BCUT2D eigenvalue weighted by molar-refractivity contribution is -0.344. The molecule has 0 aliphatic carbocycles. The molecule has 1 atom stereocenters. The number of nitrogens with zero attached hydrogens (tertiary/aromatic N) is 1. The van der Waals surface area contributed by atoms with E-state index in [1.165, 1.54) is 12.1 Å². The van der Waals surface area contributed by atoms with E-state index in [0.29, 0.717) is 13.2 Å². The number of hydrogen-bond acceptors (Lipinski definition) is 5. The topological polar surface area (TPSA) is 60.0 Å². The second-order valence-electron chi connectivity index (χ2n) is 7.54. The van der Waals surface area contributed by atoms with Gasteiger partial charge in [0.25, 0.3) is 5.91 Å². The number of rotatable bonds is 12. The van der Waals surface area contributed by atoms with Gasteiger partial charge in [0.2, 0.25) is 0 Å². The number of benzene rings is 1. The van der Waals surface area contributed by atoms with E-state index >= 15 is 0 Å². The Morgan fingerprint density at radius 3 is 2.62 bits per heavy atom. The molecule has 1 fully saturated rings. The Bertz CT molecular complexity index is 716. The van der Waals surface area contributed by atoms with Crippen molar-refractivity contribution in [2.24, 2.45) is 0 Å². The van der Waals surface area contributed by atoms with Crippen LogP contribution in [0.5, 0.6) is 5.75 Å². The Morgan fingerprint density at radius 2 is 2.00 bits per heavy atom. The van der Waals surface area contributed by atoms with E-state index in [1.54, 1.807) is 6.92 Å². The molecule has 11 heteroatoms. The first kappa shape index (κ1) is 26.6. The summed E-state index contributed by atoms with van der Waals surface area (Å²) in [6, 6.07) is 4.00. The minimum atomic E-state index is -4.62. The number of nitrogens with one attached hydrogen (secondary N) is 1. The molecule has 1 aliphatic rings. The van der Waals surface area contributed by atoms with Gasteiger partial charge < -0.3 is 19.7 Å². The highest BCUT2D eigenvalue weighted by Gasteiger charge is 2.32. The van der Waals surface area contributed by atoms with Crippen LogP contribution in [0, 0.1) is 5.82 Å². The van der Waals surface area contributed by atoms with E-state index in [0.717, 1.165) is 32.0 Å². The summed E-state index contributed by atoms with van der Waals surface area (Å²) >= 11 is 5.61. The van der Waals surface area contributed by atoms with Gasteiger partial charge in [-0.1, -0.05) is 18.5 Å². The smallest absolute Gasteiger partial charge is 0.484 e. The normalized spacial score (nSPS) is 16.7. The standard InChI is InChI=1S/C21H29ClF4N2O4/c1-2-16(32-21(24,25)26)7-11-30-12-10-28-8-5-15(6-9-28)27-20(29)14-31-17-3-4-18(22)19(23)13-17/h3-4,13,15-16H,2,5-12,14H2,1H3,(H,27,29)/t16-/m0/s1. The lowest BCUT2D eigenvalue weighted by atomic mass is 10.1. The third-order valence-electron chi connectivity index (χ3n) is 5.11. The van der Waals surface area contributed by atoms with E-state index < -0.39 is 18.3 Å². The summed E-state index contributed by atoms with van der Waals surface area (Å²) in [5, 5.41) is 2.89. The number of halogens is 5. The van der Waals surface area contributed by atoms with Gasteiger partial charge in [0, 0.05) is 38.3 Å². The highest BCUT2D eigenvalue weighted by Crippen LogP contribution is 2.22. The lowest BCUT2D eigenvalue weighted by Crippen LogP contribution is -2.46. The molecule has 0 spiro atoms. The molecule has 0 bridgehead atoms. The SMILES string of the molecule is CC[C@@H](CCOCCN1CCC(NC(=O)COc2ccc(Cl)c(F)c2)CC1)OC(F)(F)F. The molecule has 1 saturated heterocycles. The summed E-state index contributed by atoms with van der Waals surface area (Å²) < 4.78 is 64.9. The molecule has 2 rings (SSSR count). The van der Waals surface area contributed by atoms with E-state index in [4.69, 9.17) is 21.1 Å². The predicted octanol–water partition coefficient (Wildman–Crippen LogP) is 4.16. The summed E-state index contributed by atoms with van der Waals surface area (Å²) in [5.74, 6) is -0.665. The second-order valence-corrected chi connectivity index (χ2v) is 7.95. The highest BCUT2D eigenvalue weighted by molar-refractivity contribution is 6.30. The minimum Gasteiger partial charge on any atom is -0.484 e. The predicted molar refractivity (Wildman–Crippen MR) is 111 cm³/mol. The maximum atomic E-state index is 13.4. The van der Waals surface area contributed by atoms with Crippen LogP contribution in [0.2, 0.25) is 5.02 Å². The van der Waals surface area contributed by atoms with Crippen LogP contribution in [0.4, 0.5) is 17.6 Å². The molecule has 0 unspecified atom stereocenters. The molecular weight excluding hydrogens is 456 g/mol. The van der Waals surface area contributed by atoms with Crippen molar-refractivity contribution in [1.29, 1.82) is 0 Å². The van der Waals surface area contributed by atoms with Crippen molar-refractivity contribution in [2.75, 3.05) is 39.5 Å². The molecule has 6 nitrogen and oxygen atoms in total. The summed E-state index contributed by atoms with van der Waals surface area (Å²) in [6.07, 6.45) is -3.53. The van der Waals surface area contributed by atoms with Gasteiger partial charge in [-0.3, -0.25) is 9.53 Å². The average molecular weight is 485 g/mol. The zero-order valence-electron chi connectivity index (χ0n) is 17.9. The third-order valence-corrected chi connectivity index (χ3v) is 5.41. The third kappa shape index (κ3) is 10.3. The summed E-state index contributed by atoms with van der Waals surface area (Å²) in [7, 11) is 0. The summed E-state index contributed by atoms with van der Waals surface area (Å²) in [4.78, 5) is 14.2. The lowest BCUT2D eigenvalue weighted by Gasteiger charge is -2.32. The highest BCUT2D eigenvalue weighted by atomic mass is 35.5. The van der Waals surface area contributed by atoms with Crippen LogP contribution in [0.25, 0.3) is 0 Å². The average Bonchev–Trinajstić information content (AvgIpc) is 2.74. The maximum absolute atomic E-state index is 13.4. The van der Waals surface area contributed by atoms with E-state index in [2.05, 4.69) is 15.0 Å². The van der Waals surface area contributed by atoms with Gasteiger partial charge in [0.1, 0.15) is 11.6 Å². The maximum Gasteiger partial charge on any atom is 0.522 e. The first-order valence-electron chi connectivity index (χ1n) is 10.6. The Balaban J connectivity index is 1.55. The Labute approximate surface area is 190 Å². The number of hydrogen-bond donors (Lipinski definition) is 1. The molecule has 1 N–H and O–H groups in total. The molecule has 1 aliphatic heterocycles. The first-order valence-corrected chi connectivity index (χ1v) is 11.0. The quantitative estimate of drug-likeness (QED) is 0.356. The van der Waals surface area contributed by atoms with Gasteiger partial charge in [-0.25, -0.2) is 4.39 Å². The Hall–Kier alpha value is -1.62. The van der Waals surface area contributed by atoms with Gasteiger partial charge >= 0.3 is 6.36 Å². The van der Waals surface area contributed by atoms with E-state index in [-0.39, 0.29) is 48.8 Å². The molecule has 0 radical (unpaired) electrons. The number of ether oxygens (including phenoxy) is 3. The molecule has 0 saturated carbocycles. The molecule has 32 heavy (non-hydrogen) atoms.